The molecule has 2 aromatic rings. The van der Waals surface area contributed by atoms with Gasteiger partial charge in [0.05, 0.1) is 7.11 Å². The van der Waals surface area contributed by atoms with Crippen molar-refractivity contribution in [3.8, 4) is 16.9 Å². The number of carbonyl (C=O) groups excluding carboxylic acids is 1. The number of carbonyl (C=O) groups is 1. The van der Waals surface area contributed by atoms with Gasteiger partial charge in [0.1, 0.15) is 11.6 Å². The molecule has 2 rings (SSSR count). The molecule has 2 nitrogen and oxygen atoms in total. The molecule has 0 aliphatic rings. The van der Waals surface area contributed by atoms with E-state index >= 15 is 0 Å². The number of aryl methyl sites for hydroxylation is 1. The molecule has 104 valence electrons. The Bertz CT molecular complexity index is 680. The van der Waals surface area contributed by atoms with E-state index in [1.807, 2.05) is 6.92 Å². The Morgan fingerprint density at radius 2 is 1.90 bits per heavy atom. The Morgan fingerprint density at radius 1 is 1.20 bits per heavy atom. The van der Waals surface area contributed by atoms with Crippen molar-refractivity contribution in [3.05, 3.63) is 52.3 Å². The van der Waals surface area contributed by atoms with Crippen molar-refractivity contribution >= 4 is 17.4 Å². The van der Waals surface area contributed by atoms with Crippen molar-refractivity contribution in [2.45, 2.75) is 13.8 Å². The second-order valence-corrected chi connectivity index (χ2v) is 4.96. The fraction of sp³-hybridized carbons (Fsp3) is 0.188. The van der Waals surface area contributed by atoms with Crippen LogP contribution in [0, 0.1) is 12.7 Å². The van der Waals surface area contributed by atoms with E-state index in [0.717, 1.165) is 5.56 Å². The molecule has 2 aromatic carbocycles. The molecule has 0 spiro atoms. The maximum absolute atomic E-state index is 14.1. The number of halogens is 2. The summed E-state index contributed by atoms with van der Waals surface area (Å²) in [6, 6.07) is 7.68. The van der Waals surface area contributed by atoms with E-state index < -0.39 is 5.82 Å². The normalized spacial score (nSPS) is 10.4. The van der Waals surface area contributed by atoms with Crippen LogP contribution in [0.15, 0.2) is 30.3 Å². The lowest BCUT2D eigenvalue weighted by Crippen LogP contribution is -1.97. The van der Waals surface area contributed by atoms with Crippen LogP contribution in [0.5, 0.6) is 5.75 Å². The van der Waals surface area contributed by atoms with E-state index in [1.54, 1.807) is 12.1 Å². The van der Waals surface area contributed by atoms with Crippen molar-refractivity contribution in [1.29, 1.82) is 0 Å². The molecular formula is C16H14ClFO2. The van der Waals surface area contributed by atoms with Gasteiger partial charge in [0.2, 0.25) is 0 Å². The van der Waals surface area contributed by atoms with E-state index in [4.69, 9.17) is 16.3 Å². The number of ether oxygens (including phenoxy) is 1. The van der Waals surface area contributed by atoms with E-state index in [2.05, 4.69) is 0 Å². The standard InChI is InChI=1S/C16H14ClFO2/c1-9-6-13(16(20-3)8-14(9)17)12-7-11(10(2)19)4-5-15(12)18/h4-8H,1-3H3. The van der Waals surface area contributed by atoms with Crippen LogP contribution in [-0.2, 0) is 0 Å². The van der Waals surface area contributed by atoms with Crippen LogP contribution >= 0.6 is 11.6 Å². The minimum atomic E-state index is -0.407. The highest BCUT2D eigenvalue weighted by Gasteiger charge is 2.14. The molecule has 0 atom stereocenters. The molecule has 4 heteroatoms. The minimum Gasteiger partial charge on any atom is -0.496 e. The molecule has 0 aliphatic heterocycles. The first-order chi connectivity index (χ1) is 9.43. The molecule has 0 unspecified atom stereocenters. The zero-order chi connectivity index (χ0) is 14.9. The molecule has 0 aromatic heterocycles. The zero-order valence-corrected chi connectivity index (χ0v) is 12.2. The third kappa shape index (κ3) is 2.68. The van der Waals surface area contributed by atoms with Gasteiger partial charge in [-0.2, -0.15) is 0 Å². The first-order valence-electron chi connectivity index (χ1n) is 6.09. The molecule has 0 bridgehead atoms. The summed E-state index contributed by atoms with van der Waals surface area (Å²) in [7, 11) is 1.50. The number of ketones is 1. The molecule has 0 amide bonds. The Balaban J connectivity index is 2.70. The number of benzene rings is 2. The summed E-state index contributed by atoms with van der Waals surface area (Å²) in [6.07, 6.45) is 0. The molecule has 0 fully saturated rings. The van der Waals surface area contributed by atoms with Crippen molar-refractivity contribution in [2.75, 3.05) is 7.11 Å². The number of rotatable bonds is 3. The number of hydrogen-bond acceptors (Lipinski definition) is 2. The van der Waals surface area contributed by atoms with E-state index in [-0.39, 0.29) is 5.78 Å². The van der Waals surface area contributed by atoms with E-state index in [9.17, 15) is 9.18 Å². The van der Waals surface area contributed by atoms with Crippen LogP contribution in [0.3, 0.4) is 0 Å². The summed E-state index contributed by atoms with van der Waals surface area (Å²) in [4.78, 5) is 11.4. The van der Waals surface area contributed by atoms with Crippen LogP contribution < -0.4 is 4.74 Å². The maximum atomic E-state index is 14.1. The van der Waals surface area contributed by atoms with Gasteiger partial charge in [-0.05, 0) is 49.7 Å². The van der Waals surface area contributed by atoms with Crippen LogP contribution in [0.4, 0.5) is 4.39 Å². The Morgan fingerprint density at radius 3 is 2.50 bits per heavy atom. The fourth-order valence-corrected chi connectivity index (χ4v) is 2.15. The fourth-order valence-electron chi connectivity index (χ4n) is 1.99. The third-order valence-corrected chi connectivity index (χ3v) is 3.55. The van der Waals surface area contributed by atoms with Crippen molar-refractivity contribution in [2.24, 2.45) is 0 Å². The number of Topliss-reactive ketones (excluding diaryl/α,β-unsaturated/α-hetero) is 1. The summed E-state index contributed by atoms with van der Waals surface area (Å²) >= 11 is 6.05. The maximum Gasteiger partial charge on any atom is 0.159 e. The van der Waals surface area contributed by atoms with Crippen molar-refractivity contribution < 1.29 is 13.9 Å². The highest BCUT2D eigenvalue weighted by atomic mass is 35.5. The van der Waals surface area contributed by atoms with E-state index in [0.29, 0.717) is 27.5 Å². The Labute approximate surface area is 122 Å². The lowest BCUT2D eigenvalue weighted by molar-refractivity contribution is 0.101. The molecule has 0 radical (unpaired) electrons. The summed E-state index contributed by atoms with van der Waals surface area (Å²) in [5.74, 6) is -0.0499. The Hall–Kier alpha value is -1.87. The molecule has 0 N–H and O–H groups in total. The predicted molar refractivity (Wildman–Crippen MR) is 78.1 cm³/mol. The second-order valence-electron chi connectivity index (χ2n) is 4.55. The van der Waals surface area contributed by atoms with E-state index in [1.165, 1.54) is 32.2 Å². The topological polar surface area (TPSA) is 26.3 Å². The molecule has 0 saturated carbocycles. The SMILES string of the molecule is COc1cc(Cl)c(C)cc1-c1cc(C(C)=O)ccc1F. The average Bonchev–Trinajstić information content (AvgIpc) is 2.41. The van der Waals surface area contributed by atoms with Crippen LogP contribution in [-0.4, -0.2) is 12.9 Å². The lowest BCUT2D eigenvalue weighted by atomic mass is 9.98. The summed E-state index contributed by atoms with van der Waals surface area (Å²) in [5, 5.41) is 0.550. The zero-order valence-electron chi connectivity index (χ0n) is 11.5. The van der Waals surface area contributed by atoms with Crippen molar-refractivity contribution in [3.63, 3.8) is 0 Å². The highest BCUT2D eigenvalue weighted by molar-refractivity contribution is 6.31. The highest BCUT2D eigenvalue weighted by Crippen LogP contribution is 2.36. The molecule has 0 heterocycles. The quantitative estimate of drug-likeness (QED) is 0.769. The minimum absolute atomic E-state index is 0.115. The van der Waals surface area contributed by atoms with Gasteiger partial charge in [-0.15, -0.1) is 0 Å². The largest absolute Gasteiger partial charge is 0.496 e. The monoisotopic (exact) mass is 292 g/mol. The van der Waals surface area contributed by atoms with Crippen molar-refractivity contribution in [1.82, 2.24) is 0 Å². The second kappa shape index (κ2) is 5.63. The van der Waals surface area contributed by atoms with Crippen LogP contribution in [0.2, 0.25) is 5.02 Å². The average molecular weight is 293 g/mol. The molecular weight excluding hydrogens is 279 g/mol. The molecule has 0 saturated heterocycles. The molecule has 20 heavy (non-hydrogen) atoms. The van der Waals surface area contributed by atoms with Gasteiger partial charge in [-0.25, -0.2) is 4.39 Å². The van der Waals surface area contributed by atoms with Gasteiger partial charge in [0.15, 0.2) is 5.78 Å². The van der Waals surface area contributed by atoms with Gasteiger partial charge >= 0.3 is 0 Å². The summed E-state index contributed by atoms with van der Waals surface area (Å²) in [5.41, 5.74) is 2.18. The van der Waals surface area contributed by atoms with Gasteiger partial charge in [-0.1, -0.05) is 11.6 Å². The molecule has 0 aliphatic carbocycles. The van der Waals surface area contributed by atoms with Gasteiger partial charge < -0.3 is 4.74 Å². The summed E-state index contributed by atoms with van der Waals surface area (Å²) < 4.78 is 19.3. The smallest absolute Gasteiger partial charge is 0.159 e. The summed E-state index contributed by atoms with van der Waals surface area (Å²) in [6.45, 7) is 3.28. The van der Waals surface area contributed by atoms with Gasteiger partial charge in [-0.3, -0.25) is 4.79 Å². The van der Waals surface area contributed by atoms with Crippen LogP contribution in [0.25, 0.3) is 11.1 Å². The predicted octanol–water partition coefficient (Wildman–Crippen LogP) is 4.67. The lowest BCUT2D eigenvalue weighted by Gasteiger charge is -2.12. The van der Waals surface area contributed by atoms with Crippen LogP contribution in [0.1, 0.15) is 22.8 Å². The third-order valence-electron chi connectivity index (χ3n) is 3.14. The Kier molecular flexibility index (Phi) is 4.09. The first kappa shape index (κ1) is 14.5. The van der Waals surface area contributed by atoms with Gasteiger partial charge in [0.25, 0.3) is 0 Å². The first-order valence-corrected chi connectivity index (χ1v) is 6.47. The van der Waals surface area contributed by atoms with Gasteiger partial charge in [0, 0.05) is 21.7 Å². The number of methoxy groups -OCH3 is 1. The number of hydrogen-bond donors (Lipinski definition) is 0.